The van der Waals surface area contributed by atoms with Crippen LogP contribution in [-0.2, 0) is 6.42 Å². The van der Waals surface area contributed by atoms with Crippen LogP contribution in [-0.4, -0.2) is 25.1 Å². The van der Waals surface area contributed by atoms with Crippen LogP contribution in [0.3, 0.4) is 0 Å². The Labute approximate surface area is 111 Å². The molecule has 0 atom stereocenters. The van der Waals surface area contributed by atoms with Gasteiger partial charge in [0.15, 0.2) is 5.96 Å². The predicted octanol–water partition coefficient (Wildman–Crippen LogP) is 2.50. The minimum Gasteiger partial charge on any atom is -0.357 e. The van der Waals surface area contributed by atoms with E-state index in [1.807, 2.05) is 0 Å². The lowest BCUT2D eigenvalue weighted by Crippen LogP contribution is -2.41. The average molecular weight is 247 g/mol. The summed E-state index contributed by atoms with van der Waals surface area (Å²) in [6.45, 7) is 10.1. The fourth-order valence-electron chi connectivity index (χ4n) is 1.65. The lowest BCUT2D eigenvalue weighted by atomic mass is 10.1. The molecule has 1 aromatic rings. The van der Waals surface area contributed by atoms with E-state index in [0.29, 0.717) is 6.04 Å². The summed E-state index contributed by atoms with van der Waals surface area (Å²) in [5.74, 6) is 0.902. The van der Waals surface area contributed by atoms with Gasteiger partial charge in [0.25, 0.3) is 0 Å². The van der Waals surface area contributed by atoms with Crippen LogP contribution in [0.1, 0.15) is 31.9 Å². The highest BCUT2D eigenvalue weighted by atomic mass is 15.2. The summed E-state index contributed by atoms with van der Waals surface area (Å²) in [7, 11) is 0. The Hall–Kier alpha value is -1.51. The zero-order chi connectivity index (χ0) is 13.4. The van der Waals surface area contributed by atoms with Gasteiger partial charge >= 0.3 is 0 Å². The topological polar surface area (TPSA) is 36.4 Å². The monoisotopic (exact) mass is 247 g/mol. The Morgan fingerprint density at radius 3 is 2.44 bits per heavy atom. The van der Waals surface area contributed by atoms with Crippen LogP contribution >= 0.6 is 0 Å². The largest absolute Gasteiger partial charge is 0.357 e. The minimum absolute atomic E-state index is 0.405. The van der Waals surface area contributed by atoms with E-state index < -0.39 is 0 Å². The summed E-state index contributed by atoms with van der Waals surface area (Å²) in [4.78, 5) is 4.57. The van der Waals surface area contributed by atoms with E-state index >= 15 is 0 Å². The first kappa shape index (κ1) is 14.6. The number of guanidine groups is 1. The quantitative estimate of drug-likeness (QED) is 0.619. The van der Waals surface area contributed by atoms with E-state index in [4.69, 9.17) is 0 Å². The maximum absolute atomic E-state index is 4.57. The van der Waals surface area contributed by atoms with Crippen LogP contribution in [0.5, 0.6) is 0 Å². The van der Waals surface area contributed by atoms with E-state index in [1.165, 1.54) is 11.1 Å². The second kappa shape index (κ2) is 7.75. The molecule has 0 aromatic heterocycles. The van der Waals surface area contributed by atoms with Gasteiger partial charge in [-0.3, -0.25) is 4.99 Å². The normalized spacial score (nSPS) is 11.7. The molecule has 3 nitrogen and oxygen atoms in total. The molecule has 1 rings (SSSR count). The molecular weight excluding hydrogens is 222 g/mol. The van der Waals surface area contributed by atoms with Crippen LogP contribution in [0.15, 0.2) is 29.3 Å². The molecule has 0 unspecified atom stereocenters. The first-order chi connectivity index (χ1) is 8.61. The van der Waals surface area contributed by atoms with Crippen LogP contribution in [0.4, 0.5) is 0 Å². The van der Waals surface area contributed by atoms with Crippen molar-refractivity contribution >= 4 is 5.96 Å². The van der Waals surface area contributed by atoms with Crippen LogP contribution in [0.25, 0.3) is 0 Å². The van der Waals surface area contributed by atoms with Crippen molar-refractivity contribution in [2.45, 2.75) is 40.2 Å². The Bertz CT molecular complexity index is 366. The van der Waals surface area contributed by atoms with E-state index in [1.54, 1.807) is 0 Å². The van der Waals surface area contributed by atoms with Crippen molar-refractivity contribution in [2.24, 2.45) is 4.99 Å². The fourth-order valence-corrected chi connectivity index (χ4v) is 1.65. The van der Waals surface area contributed by atoms with Crippen molar-refractivity contribution in [1.82, 2.24) is 10.6 Å². The zero-order valence-corrected chi connectivity index (χ0v) is 12.0. The van der Waals surface area contributed by atoms with Crippen molar-refractivity contribution in [1.29, 1.82) is 0 Å². The van der Waals surface area contributed by atoms with Gasteiger partial charge in [0, 0.05) is 19.1 Å². The molecule has 0 aliphatic rings. The van der Waals surface area contributed by atoms with E-state index in [-0.39, 0.29) is 0 Å². The van der Waals surface area contributed by atoms with Crippen molar-refractivity contribution in [2.75, 3.05) is 13.1 Å². The lowest BCUT2D eigenvalue weighted by molar-refractivity contribution is 0.700. The Balaban J connectivity index is 2.47. The van der Waals surface area contributed by atoms with Crippen molar-refractivity contribution in [3.8, 4) is 0 Å². The highest BCUT2D eigenvalue weighted by Gasteiger charge is 1.99. The van der Waals surface area contributed by atoms with Gasteiger partial charge in [-0.15, -0.1) is 0 Å². The first-order valence-electron chi connectivity index (χ1n) is 6.72. The van der Waals surface area contributed by atoms with Gasteiger partial charge in [-0.25, -0.2) is 0 Å². The van der Waals surface area contributed by atoms with Gasteiger partial charge in [0.05, 0.1) is 0 Å². The summed E-state index contributed by atoms with van der Waals surface area (Å²) in [6, 6.07) is 9.05. The predicted molar refractivity (Wildman–Crippen MR) is 79.1 cm³/mol. The molecule has 0 aliphatic heterocycles. The Kier molecular flexibility index (Phi) is 6.26. The summed E-state index contributed by atoms with van der Waals surface area (Å²) in [5.41, 5.74) is 2.64. The van der Waals surface area contributed by atoms with Gasteiger partial charge < -0.3 is 10.6 Å². The number of nitrogens with zero attached hydrogens (tertiary/aromatic N) is 1. The minimum atomic E-state index is 0.405. The third-order valence-corrected chi connectivity index (χ3v) is 2.56. The van der Waals surface area contributed by atoms with Crippen LogP contribution in [0, 0.1) is 6.92 Å². The standard InChI is InChI=1S/C15H25N3/c1-5-16-15(18-12(2)3)17-11-10-14-8-6-13(4)7-9-14/h6-9,12H,5,10-11H2,1-4H3,(H2,16,17,18). The molecule has 0 bridgehead atoms. The van der Waals surface area contributed by atoms with Crippen molar-refractivity contribution in [3.05, 3.63) is 35.4 Å². The summed E-state index contributed by atoms with van der Waals surface area (Å²) >= 11 is 0. The van der Waals surface area contributed by atoms with Gasteiger partial charge in [-0.05, 0) is 39.7 Å². The second-order valence-corrected chi connectivity index (χ2v) is 4.80. The van der Waals surface area contributed by atoms with E-state index in [0.717, 1.165) is 25.5 Å². The SMILES string of the molecule is CCNC(=NCCc1ccc(C)cc1)NC(C)C. The summed E-state index contributed by atoms with van der Waals surface area (Å²) < 4.78 is 0. The fraction of sp³-hybridized carbons (Fsp3) is 0.533. The van der Waals surface area contributed by atoms with E-state index in [9.17, 15) is 0 Å². The molecule has 3 heteroatoms. The molecule has 1 aromatic carbocycles. The van der Waals surface area contributed by atoms with Crippen LogP contribution < -0.4 is 10.6 Å². The first-order valence-corrected chi connectivity index (χ1v) is 6.72. The van der Waals surface area contributed by atoms with Crippen LogP contribution in [0.2, 0.25) is 0 Å². The summed E-state index contributed by atoms with van der Waals surface area (Å²) in [6.07, 6.45) is 0.981. The third kappa shape index (κ3) is 5.71. The molecule has 0 saturated carbocycles. The highest BCUT2D eigenvalue weighted by molar-refractivity contribution is 5.79. The summed E-state index contributed by atoms with van der Waals surface area (Å²) in [5, 5.41) is 6.56. The number of benzene rings is 1. The van der Waals surface area contributed by atoms with Gasteiger partial charge in [0.1, 0.15) is 0 Å². The third-order valence-electron chi connectivity index (χ3n) is 2.56. The zero-order valence-electron chi connectivity index (χ0n) is 12.0. The lowest BCUT2D eigenvalue weighted by Gasteiger charge is -2.13. The molecule has 0 heterocycles. The number of rotatable bonds is 5. The molecular formula is C15H25N3. The maximum atomic E-state index is 4.57. The number of aliphatic imine (C=N–C) groups is 1. The van der Waals surface area contributed by atoms with Crippen molar-refractivity contribution < 1.29 is 0 Å². The van der Waals surface area contributed by atoms with E-state index in [2.05, 4.69) is 67.6 Å². The number of hydrogen-bond donors (Lipinski definition) is 2. The molecule has 18 heavy (non-hydrogen) atoms. The molecule has 0 fully saturated rings. The number of hydrogen-bond acceptors (Lipinski definition) is 1. The van der Waals surface area contributed by atoms with Gasteiger partial charge in [0.2, 0.25) is 0 Å². The van der Waals surface area contributed by atoms with Gasteiger partial charge in [-0.2, -0.15) is 0 Å². The average Bonchev–Trinajstić information content (AvgIpc) is 2.31. The van der Waals surface area contributed by atoms with Crippen molar-refractivity contribution in [3.63, 3.8) is 0 Å². The van der Waals surface area contributed by atoms with Gasteiger partial charge in [-0.1, -0.05) is 29.8 Å². The second-order valence-electron chi connectivity index (χ2n) is 4.80. The molecule has 100 valence electrons. The highest BCUT2D eigenvalue weighted by Crippen LogP contribution is 2.03. The molecule has 0 spiro atoms. The molecule has 0 amide bonds. The molecule has 2 N–H and O–H groups in total. The smallest absolute Gasteiger partial charge is 0.191 e. The molecule has 0 saturated heterocycles. The Morgan fingerprint density at radius 1 is 1.22 bits per heavy atom. The maximum Gasteiger partial charge on any atom is 0.191 e. The molecule has 0 radical (unpaired) electrons. The number of nitrogens with one attached hydrogen (secondary N) is 2. The number of aryl methyl sites for hydroxylation is 1. The molecule has 0 aliphatic carbocycles. The Morgan fingerprint density at radius 2 is 1.89 bits per heavy atom.